The molecule has 1 aromatic heterocycles. The molecule has 0 amide bonds. The van der Waals surface area contributed by atoms with Gasteiger partial charge in [0.15, 0.2) is 0 Å². The Morgan fingerprint density at radius 2 is 1.93 bits per heavy atom. The second kappa shape index (κ2) is 3.65. The molecule has 0 aliphatic heterocycles. The number of nitrogens with zero attached hydrogens (tertiary/aromatic N) is 1. The van der Waals surface area contributed by atoms with Gasteiger partial charge in [0, 0.05) is 15.8 Å². The van der Waals surface area contributed by atoms with E-state index in [0.717, 1.165) is 16.7 Å². The van der Waals surface area contributed by atoms with Crippen molar-refractivity contribution in [2.75, 3.05) is 0 Å². The van der Waals surface area contributed by atoms with Crippen LogP contribution in [0, 0.1) is 18.3 Å². The number of hydrogen-bond donors (Lipinski definition) is 0. The Morgan fingerprint density at radius 3 is 2.57 bits per heavy atom. The van der Waals surface area contributed by atoms with E-state index in [-0.39, 0.29) is 0 Å². The smallest absolute Gasteiger partial charge is 0.101 e. The molecule has 2 heteroatoms. The van der Waals surface area contributed by atoms with Crippen molar-refractivity contribution < 1.29 is 0 Å². The van der Waals surface area contributed by atoms with Gasteiger partial charge in [-0.15, -0.1) is 11.3 Å². The summed E-state index contributed by atoms with van der Waals surface area (Å²) in [5.41, 5.74) is 2.99. The Balaban J connectivity index is 2.63. The largest absolute Gasteiger partial charge is 0.192 e. The molecule has 68 valence electrons. The minimum absolute atomic E-state index is 0.777. The zero-order valence-corrected chi connectivity index (χ0v) is 8.64. The van der Waals surface area contributed by atoms with Crippen LogP contribution in [-0.4, -0.2) is 0 Å². The first-order chi connectivity index (χ1) is 6.83. The lowest BCUT2D eigenvalue weighted by atomic mass is 10.0. The molecule has 2 rings (SSSR count). The monoisotopic (exact) mass is 199 g/mol. The first-order valence-corrected chi connectivity index (χ1v) is 5.24. The van der Waals surface area contributed by atoms with Gasteiger partial charge in [0.05, 0.1) is 5.56 Å². The Hall–Kier alpha value is -1.59. The zero-order valence-electron chi connectivity index (χ0n) is 7.82. The number of rotatable bonds is 1. The highest BCUT2D eigenvalue weighted by Crippen LogP contribution is 2.31. The lowest BCUT2D eigenvalue weighted by Gasteiger charge is -2.00. The summed E-state index contributed by atoms with van der Waals surface area (Å²) in [5.74, 6) is 0. The van der Waals surface area contributed by atoms with Crippen LogP contribution in [0.3, 0.4) is 0 Å². The number of benzene rings is 1. The lowest BCUT2D eigenvalue weighted by molar-refractivity contribution is 1.49. The summed E-state index contributed by atoms with van der Waals surface area (Å²) in [7, 11) is 0. The average molecular weight is 199 g/mol. The molecular formula is C12H9NS. The van der Waals surface area contributed by atoms with Crippen LogP contribution >= 0.6 is 11.3 Å². The van der Waals surface area contributed by atoms with Crippen LogP contribution in [0.4, 0.5) is 0 Å². The average Bonchev–Trinajstić information content (AvgIpc) is 2.61. The van der Waals surface area contributed by atoms with Gasteiger partial charge in [-0.05, 0) is 12.5 Å². The van der Waals surface area contributed by atoms with E-state index in [1.165, 1.54) is 4.88 Å². The number of aryl methyl sites for hydroxylation is 1. The summed E-state index contributed by atoms with van der Waals surface area (Å²) in [6.45, 7) is 2.05. The standard InChI is InChI=1S/C12H9NS/c1-9-12(11(7-13)8-14-9)10-5-3-2-4-6-10/h2-6,8H,1H3. The van der Waals surface area contributed by atoms with E-state index in [1.54, 1.807) is 11.3 Å². The second-order valence-electron chi connectivity index (χ2n) is 3.06. The molecule has 0 atom stereocenters. The van der Waals surface area contributed by atoms with Gasteiger partial charge in [-0.1, -0.05) is 30.3 Å². The van der Waals surface area contributed by atoms with Crippen molar-refractivity contribution in [2.24, 2.45) is 0 Å². The van der Waals surface area contributed by atoms with E-state index in [1.807, 2.05) is 42.6 Å². The van der Waals surface area contributed by atoms with Crippen LogP contribution in [-0.2, 0) is 0 Å². The van der Waals surface area contributed by atoms with Crippen LogP contribution in [0.5, 0.6) is 0 Å². The summed E-state index contributed by atoms with van der Waals surface area (Å²) >= 11 is 1.63. The third kappa shape index (κ3) is 1.43. The molecule has 0 aliphatic carbocycles. The van der Waals surface area contributed by atoms with Gasteiger partial charge in [0.2, 0.25) is 0 Å². The van der Waals surface area contributed by atoms with Crippen LogP contribution in [0.25, 0.3) is 11.1 Å². The fourth-order valence-corrected chi connectivity index (χ4v) is 2.31. The molecule has 14 heavy (non-hydrogen) atoms. The SMILES string of the molecule is Cc1scc(C#N)c1-c1ccccc1. The van der Waals surface area contributed by atoms with Crippen LogP contribution in [0.15, 0.2) is 35.7 Å². The summed E-state index contributed by atoms with van der Waals surface area (Å²) < 4.78 is 0. The van der Waals surface area contributed by atoms with Crippen molar-refractivity contribution in [2.45, 2.75) is 6.92 Å². The van der Waals surface area contributed by atoms with Gasteiger partial charge < -0.3 is 0 Å². The van der Waals surface area contributed by atoms with Crippen molar-refractivity contribution in [3.8, 4) is 17.2 Å². The van der Waals surface area contributed by atoms with Gasteiger partial charge in [-0.25, -0.2) is 0 Å². The highest BCUT2D eigenvalue weighted by atomic mass is 32.1. The lowest BCUT2D eigenvalue weighted by Crippen LogP contribution is -1.79. The Bertz CT molecular complexity index is 477. The Labute approximate surface area is 87.3 Å². The van der Waals surface area contributed by atoms with Crippen LogP contribution in [0.2, 0.25) is 0 Å². The predicted octanol–water partition coefficient (Wildman–Crippen LogP) is 3.60. The van der Waals surface area contributed by atoms with Gasteiger partial charge >= 0.3 is 0 Å². The van der Waals surface area contributed by atoms with Crippen molar-refractivity contribution in [1.29, 1.82) is 5.26 Å². The van der Waals surface area contributed by atoms with Crippen LogP contribution < -0.4 is 0 Å². The molecule has 1 heterocycles. The fraction of sp³-hybridized carbons (Fsp3) is 0.0833. The maximum Gasteiger partial charge on any atom is 0.101 e. The summed E-state index contributed by atoms with van der Waals surface area (Å²) in [4.78, 5) is 1.20. The van der Waals surface area contributed by atoms with Crippen molar-refractivity contribution in [3.05, 3.63) is 46.2 Å². The maximum absolute atomic E-state index is 8.95. The Morgan fingerprint density at radius 1 is 1.21 bits per heavy atom. The second-order valence-corrected chi connectivity index (χ2v) is 4.14. The molecule has 0 aliphatic rings. The fourth-order valence-electron chi connectivity index (χ4n) is 1.50. The first-order valence-electron chi connectivity index (χ1n) is 4.36. The normalized spacial score (nSPS) is 9.71. The minimum Gasteiger partial charge on any atom is -0.192 e. The molecule has 0 saturated carbocycles. The third-order valence-electron chi connectivity index (χ3n) is 2.16. The first kappa shape index (κ1) is 8.98. The Kier molecular flexibility index (Phi) is 2.34. The number of thiophene rings is 1. The highest BCUT2D eigenvalue weighted by Gasteiger charge is 2.09. The van der Waals surface area contributed by atoms with E-state index in [9.17, 15) is 0 Å². The highest BCUT2D eigenvalue weighted by molar-refractivity contribution is 7.10. The van der Waals surface area contributed by atoms with E-state index < -0.39 is 0 Å². The van der Waals surface area contributed by atoms with E-state index in [0.29, 0.717) is 0 Å². The van der Waals surface area contributed by atoms with Crippen molar-refractivity contribution in [1.82, 2.24) is 0 Å². The quantitative estimate of drug-likeness (QED) is 0.688. The number of hydrogen-bond acceptors (Lipinski definition) is 2. The van der Waals surface area contributed by atoms with Gasteiger partial charge in [-0.3, -0.25) is 0 Å². The van der Waals surface area contributed by atoms with Crippen molar-refractivity contribution in [3.63, 3.8) is 0 Å². The molecule has 0 fully saturated rings. The van der Waals surface area contributed by atoms with Crippen LogP contribution in [0.1, 0.15) is 10.4 Å². The van der Waals surface area contributed by atoms with Gasteiger partial charge in [-0.2, -0.15) is 5.26 Å². The molecule has 0 bridgehead atoms. The summed E-state index contributed by atoms with van der Waals surface area (Å²) in [6.07, 6.45) is 0. The topological polar surface area (TPSA) is 23.8 Å². The molecular weight excluding hydrogens is 190 g/mol. The molecule has 0 unspecified atom stereocenters. The van der Waals surface area contributed by atoms with E-state index >= 15 is 0 Å². The third-order valence-corrected chi connectivity index (χ3v) is 3.07. The van der Waals surface area contributed by atoms with Crippen molar-refractivity contribution >= 4 is 11.3 Å². The molecule has 0 radical (unpaired) electrons. The van der Waals surface area contributed by atoms with Gasteiger partial charge in [0.1, 0.15) is 6.07 Å². The minimum atomic E-state index is 0.777. The molecule has 1 aromatic carbocycles. The van der Waals surface area contributed by atoms with E-state index in [2.05, 4.69) is 6.07 Å². The predicted molar refractivity (Wildman–Crippen MR) is 59.2 cm³/mol. The zero-order chi connectivity index (χ0) is 9.97. The molecule has 1 nitrogen and oxygen atoms in total. The molecule has 2 aromatic rings. The molecule has 0 N–H and O–H groups in total. The summed E-state index contributed by atoms with van der Waals surface area (Å²) in [6, 6.07) is 12.3. The number of nitriles is 1. The van der Waals surface area contributed by atoms with E-state index in [4.69, 9.17) is 5.26 Å². The van der Waals surface area contributed by atoms with Gasteiger partial charge in [0.25, 0.3) is 0 Å². The molecule has 0 saturated heterocycles. The summed E-state index contributed by atoms with van der Waals surface area (Å²) in [5, 5.41) is 10.9. The maximum atomic E-state index is 8.95. The molecule has 0 spiro atoms.